The number of benzene rings is 2. The summed E-state index contributed by atoms with van der Waals surface area (Å²) in [5, 5.41) is 6.95. The molecular weight excluding hydrogens is 611 g/mol. The minimum absolute atomic E-state index is 0.129. The van der Waals surface area contributed by atoms with Crippen LogP contribution in [0.15, 0.2) is 88.5 Å². The third-order valence-corrected chi connectivity index (χ3v) is 11.4. The zero-order valence-corrected chi connectivity index (χ0v) is 27.2. The van der Waals surface area contributed by atoms with Gasteiger partial charge in [0.25, 0.3) is 5.91 Å². The van der Waals surface area contributed by atoms with Crippen molar-refractivity contribution in [3.05, 3.63) is 104 Å². The van der Waals surface area contributed by atoms with Crippen LogP contribution in [0.1, 0.15) is 32.1 Å². The maximum Gasteiger partial charge on any atom is 0.253 e. The Bertz CT molecular complexity index is 1700. The Morgan fingerprint density at radius 2 is 1.52 bits per heavy atom. The van der Waals surface area contributed by atoms with Crippen molar-refractivity contribution in [1.82, 2.24) is 14.9 Å². The first-order valence-electron chi connectivity index (χ1n) is 14.8. The normalized spacial score (nSPS) is 16.2. The number of nitrogens with one attached hydrogen (secondary N) is 2. The second kappa shape index (κ2) is 13.7. The van der Waals surface area contributed by atoms with Gasteiger partial charge >= 0.3 is 0 Å². The highest BCUT2D eigenvalue weighted by Crippen LogP contribution is 2.37. The smallest absolute Gasteiger partial charge is 0.253 e. The summed E-state index contributed by atoms with van der Waals surface area (Å²) in [5.74, 6) is -0.279. The number of thiophene rings is 2. The Labute approximate surface area is 267 Å². The zero-order valence-electron chi connectivity index (χ0n) is 24.7. The molecule has 2 aliphatic heterocycles. The third-order valence-electron chi connectivity index (χ3n) is 8.17. The molecule has 0 spiro atoms. The summed E-state index contributed by atoms with van der Waals surface area (Å²) in [5.41, 5.74) is 4.21. The monoisotopic (exact) mass is 647 g/mol. The maximum atomic E-state index is 14.0. The van der Waals surface area contributed by atoms with Crippen LogP contribution in [0, 0.1) is 0 Å². The lowest BCUT2D eigenvalue weighted by Gasteiger charge is -2.37. The Balaban J connectivity index is 1.40. The minimum Gasteiger partial charge on any atom is -0.368 e. The highest BCUT2D eigenvalue weighted by molar-refractivity contribution is 7.89. The summed E-state index contributed by atoms with van der Waals surface area (Å²) in [6.07, 6.45) is 2.98. The van der Waals surface area contributed by atoms with Gasteiger partial charge in [-0.1, -0.05) is 48.5 Å². The van der Waals surface area contributed by atoms with Crippen LogP contribution in [0.25, 0.3) is 5.57 Å². The summed E-state index contributed by atoms with van der Waals surface area (Å²) in [6, 6.07) is 21.6. The molecule has 0 aliphatic carbocycles. The average Bonchev–Trinajstić information content (AvgIpc) is 3.78. The van der Waals surface area contributed by atoms with Gasteiger partial charge in [0, 0.05) is 55.6 Å². The van der Waals surface area contributed by atoms with Crippen LogP contribution < -0.4 is 19.8 Å². The zero-order chi connectivity index (χ0) is 30.5. The highest BCUT2D eigenvalue weighted by Gasteiger charge is 2.30. The number of carbonyl (C=O) groups is 1. The molecule has 0 saturated carbocycles. The van der Waals surface area contributed by atoms with Gasteiger partial charge in [-0.15, -0.1) is 22.7 Å². The van der Waals surface area contributed by atoms with Crippen LogP contribution in [0.2, 0.25) is 0 Å². The van der Waals surface area contributed by atoms with Crippen molar-refractivity contribution in [1.29, 1.82) is 0 Å². The van der Waals surface area contributed by atoms with Crippen LogP contribution in [-0.4, -0.2) is 65.5 Å². The Kier molecular flexibility index (Phi) is 9.48. The molecule has 0 bridgehead atoms. The molecule has 1 amide bonds. The van der Waals surface area contributed by atoms with Crippen LogP contribution in [-0.2, 0) is 23.1 Å². The molecule has 0 radical (unpaired) electrons. The molecule has 230 valence electrons. The van der Waals surface area contributed by atoms with Crippen LogP contribution in [0.5, 0.6) is 0 Å². The van der Waals surface area contributed by atoms with Crippen LogP contribution in [0.3, 0.4) is 0 Å². The van der Waals surface area contributed by atoms with Crippen molar-refractivity contribution in [3.63, 3.8) is 0 Å². The molecule has 1 fully saturated rings. The van der Waals surface area contributed by atoms with E-state index in [1.807, 2.05) is 59.3 Å². The predicted octanol–water partition coefficient (Wildman–Crippen LogP) is 5.26. The molecule has 4 heterocycles. The molecule has 2 N–H and O–H groups in total. The number of piperazine rings is 1. The fraction of sp³-hybridized carbons (Fsp3) is 0.303. The van der Waals surface area contributed by atoms with Gasteiger partial charge in [0.15, 0.2) is 0 Å². The van der Waals surface area contributed by atoms with Crippen molar-refractivity contribution >= 4 is 55.6 Å². The minimum atomic E-state index is -3.96. The third kappa shape index (κ3) is 7.08. The summed E-state index contributed by atoms with van der Waals surface area (Å²) >= 11 is 3.08. The summed E-state index contributed by atoms with van der Waals surface area (Å²) < 4.78 is 30.9. The standard InChI is InChI=1S/C33H37N5O3S3/c1-36-15-17-38(18-16-36)30-22-31(37-13-11-26(12-14-37)25-7-3-2-4-8-25)32(44(40,41)35-24-28-10-6-20-43-28)21-29(30)33(39)34-23-27-9-5-19-42-27/h2-11,19-22,35H,12-18,23-24H2,1H3,(H,34,39). The molecule has 2 aromatic carbocycles. The SMILES string of the molecule is CN1CCN(c2cc(N3CC=C(c4ccccc4)CC3)c(S(=O)(=O)NCc3cccs3)cc2C(=O)NCc2cccs2)CC1. The van der Waals surface area contributed by atoms with Crippen molar-refractivity contribution in [3.8, 4) is 0 Å². The molecule has 4 aromatic rings. The molecule has 11 heteroatoms. The average molecular weight is 648 g/mol. The molecule has 0 atom stereocenters. The molecule has 8 nitrogen and oxygen atoms in total. The van der Waals surface area contributed by atoms with Gasteiger partial charge in [0.05, 0.1) is 23.5 Å². The molecule has 0 unspecified atom stereocenters. The highest BCUT2D eigenvalue weighted by atomic mass is 32.2. The molecule has 1 saturated heterocycles. The fourth-order valence-electron chi connectivity index (χ4n) is 5.65. The topological polar surface area (TPSA) is 85.0 Å². The largest absolute Gasteiger partial charge is 0.368 e. The van der Waals surface area contributed by atoms with Gasteiger partial charge < -0.3 is 20.0 Å². The van der Waals surface area contributed by atoms with E-state index in [-0.39, 0.29) is 17.3 Å². The number of amides is 1. The van der Waals surface area contributed by atoms with Crippen molar-refractivity contribution in [2.75, 3.05) is 56.1 Å². The van der Waals surface area contributed by atoms with E-state index in [0.717, 1.165) is 48.0 Å². The van der Waals surface area contributed by atoms with E-state index in [1.165, 1.54) is 22.5 Å². The number of likely N-dealkylation sites (N-methyl/N-ethyl adjacent to an activating group) is 1. The lowest BCUT2D eigenvalue weighted by atomic mass is 9.99. The molecule has 2 aliphatic rings. The van der Waals surface area contributed by atoms with Crippen molar-refractivity contribution in [2.45, 2.75) is 24.4 Å². The molecule has 2 aromatic heterocycles. The van der Waals surface area contributed by atoms with Crippen molar-refractivity contribution < 1.29 is 13.2 Å². The number of nitrogens with zero attached hydrogens (tertiary/aromatic N) is 3. The second-order valence-electron chi connectivity index (χ2n) is 11.1. The van der Waals surface area contributed by atoms with Gasteiger partial charge in [-0.3, -0.25) is 4.79 Å². The first-order chi connectivity index (χ1) is 21.4. The first-order valence-corrected chi connectivity index (χ1v) is 18.1. The number of hydrogen-bond donors (Lipinski definition) is 2. The number of rotatable bonds is 10. The number of carbonyl (C=O) groups excluding carboxylic acids is 1. The van der Waals surface area contributed by atoms with Crippen LogP contribution >= 0.6 is 22.7 Å². The van der Waals surface area contributed by atoms with Gasteiger partial charge in [0.2, 0.25) is 10.0 Å². The number of anilines is 2. The van der Waals surface area contributed by atoms with E-state index in [9.17, 15) is 13.2 Å². The van der Waals surface area contributed by atoms with Gasteiger partial charge in [0.1, 0.15) is 4.90 Å². The lowest BCUT2D eigenvalue weighted by molar-refractivity contribution is 0.0951. The molecule has 6 rings (SSSR count). The number of hydrogen-bond acceptors (Lipinski definition) is 8. The van der Waals surface area contributed by atoms with E-state index in [2.05, 4.69) is 50.0 Å². The van der Waals surface area contributed by atoms with E-state index < -0.39 is 10.0 Å². The number of sulfonamides is 1. The summed E-state index contributed by atoms with van der Waals surface area (Å²) in [6.45, 7) is 5.05. The second-order valence-corrected chi connectivity index (χ2v) is 14.9. The van der Waals surface area contributed by atoms with E-state index >= 15 is 0 Å². The summed E-state index contributed by atoms with van der Waals surface area (Å²) in [4.78, 5) is 22.5. The summed E-state index contributed by atoms with van der Waals surface area (Å²) in [7, 11) is -1.87. The van der Waals surface area contributed by atoms with Gasteiger partial charge in [-0.25, -0.2) is 13.1 Å². The van der Waals surface area contributed by atoms with Crippen molar-refractivity contribution in [2.24, 2.45) is 0 Å². The van der Waals surface area contributed by atoms with Gasteiger partial charge in [-0.2, -0.15) is 0 Å². The Morgan fingerprint density at radius 1 is 0.818 bits per heavy atom. The van der Waals surface area contributed by atoms with E-state index in [4.69, 9.17) is 0 Å². The lowest BCUT2D eigenvalue weighted by Crippen LogP contribution is -2.45. The quantitative estimate of drug-likeness (QED) is 0.244. The van der Waals surface area contributed by atoms with Crippen LogP contribution in [0.4, 0.5) is 11.4 Å². The first kappa shape index (κ1) is 30.5. The molecular formula is C33H37N5O3S3. The fourth-order valence-corrected chi connectivity index (χ4v) is 8.26. The molecule has 44 heavy (non-hydrogen) atoms. The Morgan fingerprint density at radius 3 is 2.16 bits per heavy atom. The maximum absolute atomic E-state index is 14.0. The van der Waals surface area contributed by atoms with E-state index in [1.54, 1.807) is 17.4 Å². The van der Waals surface area contributed by atoms with E-state index in [0.29, 0.717) is 30.9 Å². The Hall–Kier alpha value is -3.48. The predicted molar refractivity (Wildman–Crippen MR) is 181 cm³/mol. The van der Waals surface area contributed by atoms with Gasteiger partial charge in [-0.05, 0) is 59.6 Å².